The second kappa shape index (κ2) is 8.60. The van der Waals surface area contributed by atoms with E-state index in [1.807, 2.05) is 82.3 Å². The first-order valence-electron chi connectivity index (χ1n) is 9.91. The Morgan fingerprint density at radius 1 is 0.966 bits per heavy atom. The second-order valence-electron chi connectivity index (χ2n) is 8.32. The number of hydrogen-bond acceptors (Lipinski definition) is 5. The summed E-state index contributed by atoms with van der Waals surface area (Å²) in [5.74, 6) is 0.0398. The highest BCUT2D eigenvalue weighted by atomic mass is 16.7. The Kier molecular flexibility index (Phi) is 6.34. The number of carbonyl (C=O) groups is 1. The topological polar surface area (TPSA) is 54.0 Å². The maximum atomic E-state index is 12.2. The van der Waals surface area contributed by atoms with E-state index in [1.165, 1.54) is 7.11 Å². The molecule has 1 fully saturated rings. The summed E-state index contributed by atoms with van der Waals surface area (Å²) in [6.07, 6.45) is 0.138. The third kappa shape index (κ3) is 4.82. The normalized spacial score (nSPS) is 18.3. The molecule has 0 aliphatic carbocycles. The fraction of sp³-hybridized carbons (Fsp3) is 0.435. The first-order valence-corrected chi connectivity index (χ1v) is 9.91. The van der Waals surface area contributed by atoms with Crippen molar-refractivity contribution in [1.29, 1.82) is 0 Å². The van der Waals surface area contributed by atoms with E-state index in [0.29, 0.717) is 12.4 Å². The Balaban J connectivity index is 1.89. The van der Waals surface area contributed by atoms with Gasteiger partial charge in [-0.05, 0) is 44.9 Å². The minimum absolute atomic E-state index is 0.138. The second-order valence-corrected chi connectivity index (χ2v) is 8.32. The van der Waals surface area contributed by atoms with E-state index in [1.54, 1.807) is 0 Å². The average Bonchev–Trinajstić information content (AvgIpc) is 2.92. The number of ether oxygens (including phenoxy) is 2. The van der Waals surface area contributed by atoms with Crippen LogP contribution in [0.15, 0.2) is 54.6 Å². The standard InChI is InChI=1S/C23H29BO5/c1-22(2)23(3,4)29-24(28-22)19(15-21(25)26-5)18-13-9-10-14-20(18)27-16-17-11-7-6-8-12-17/h6-14,19H,15-16H2,1-5H3. The van der Waals surface area contributed by atoms with E-state index in [4.69, 9.17) is 18.8 Å². The van der Waals surface area contributed by atoms with E-state index < -0.39 is 18.3 Å². The smallest absolute Gasteiger partial charge is 0.466 e. The van der Waals surface area contributed by atoms with Crippen molar-refractivity contribution in [3.63, 3.8) is 0 Å². The molecule has 0 aromatic heterocycles. The van der Waals surface area contributed by atoms with Crippen molar-refractivity contribution in [1.82, 2.24) is 0 Å². The van der Waals surface area contributed by atoms with Crippen molar-refractivity contribution in [3.8, 4) is 5.75 Å². The van der Waals surface area contributed by atoms with Crippen molar-refractivity contribution in [2.45, 2.75) is 57.7 Å². The molecule has 1 saturated heterocycles. The first kappa shape index (κ1) is 21.4. The lowest BCUT2D eigenvalue weighted by atomic mass is 9.66. The largest absolute Gasteiger partial charge is 0.489 e. The maximum absolute atomic E-state index is 12.2. The quantitative estimate of drug-likeness (QED) is 0.508. The molecule has 1 heterocycles. The van der Waals surface area contributed by atoms with Crippen LogP contribution in [0.3, 0.4) is 0 Å². The van der Waals surface area contributed by atoms with Crippen LogP contribution in [0.4, 0.5) is 0 Å². The zero-order valence-corrected chi connectivity index (χ0v) is 17.8. The summed E-state index contributed by atoms with van der Waals surface area (Å²) in [6.45, 7) is 8.44. The fourth-order valence-corrected chi connectivity index (χ4v) is 3.32. The molecule has 2 aromatic carbocycles. The van der Waals surface area contributed by atoms with E-state index in [0.717, 1.165) is 11.1 Å². The molecule has 0 N–H and O–H groups in total. The van der Waals surface area contributed by atoms with Crippen LogP contribution in [0.1, 0.15) is 51.1 Å². The van der Waals surface area contributed by atoms with Gasteiger partial charge in [-0.15, -0.1) is 0 Å². The Morgan fingerprint density at radius 3 is 2.17 bits per heavy atom. The maximum Gasteiger partial charge on any atom is 0.466 e. The fourth-order valence-electron chi connectivity index (χ4n) is 3.32. The van der Waals surface area contributed by atoms with E-state index in [9.17, 15) is 4.79 Å². The number of para-hydroxylation sites is 1. The molecule has 0 saturated carbocycles. The van der Waals surface area contributed by atoms with Crippen molar-refractivity contribution < 1.29 is 23.6 Å². The molecular weight excluding hydrogens is 367 g/mol. The summed E-state index contributed by atoms with van der Waals surface area (Å²) < 4.78 is 23.6. The van der Waals surface area contributed by atoms with Crippen LogP contribution in [0.25, 0.3) is 0 Å². The molecule has 0 radical (unpaired) electrons. The van der Waals surface area contributed by atoms with Gasteiger partial charge in [-0.25, -0.2) is 0 Å². The van der Waals surface area contributed by atoms with Crippen LogP contribution in [0.2, 0.25) is 0 Å². The SMILES string of the molecule is COC(=O)CC(B1OC(C)(C)C(C)(C)O1)c1ccccc1OCc1ccccc1. The minimum atomic E-state index is -0.583. The number of methoxy groups -OCH3 is 1. The number of rotatable bonds is 7. The van der Waals surface area contributed by atoms with Crippen molar-refractivity contribution in [2.24, 2.45) is 0 Å². The molecule has 0 spiro atoms. The van der Waals surface area contributed by atoms with Crippen LogP contribution in [0.5, 0.6) is 5.75 Å². The van der Waals surface area contributed by atoms with Gasteiger partial charge in [-0.3, -0.25) is 4.79 Å². The summed E-state index contributed by atoms with van der Waals surface area (Å²) >= 11 is 0. The zero-order valence-electron chi connectivity index (χ0n) is 17.8. The van der Waals surface area contributed by atoms with Gasteiger partial charge in [-0.2, -0.15) is 0 Å². The monoisotopic (exact) mass is 396 g/mol. The van der Waals surface area contributed by atoms with Crippen molar-refractivity contribution in [2.75, 3.05) is 7.11 Å². The molecule has 29 heavy (non-hydrogen) atoms. The van der Waals surface area contributed by atoms with Gasteiger partial charge in [0.2, 0.25) is 0 Å². The molecule has 1 atom stereocenters. The molecule has 0 amide bonds. The highest BCUT2D eigenvalue weighted by Gasteiger charge is 2.54. The minimum Gasteiger partial charge on any atom is -0.489 e. The van der Waals surface area contributed by atoms with Gasteiger partial charge in [0.15, 0.2) is 0 Å². The van der Waals surface area contributed by atoms with Gasteiger partial charge in [0.25, 0.3) is 0 Å². The number of hydrogen-bond donors (Lipinski definition) is 0. The summed E-state index contributed by atoms with van der Waals surface area (Å²) in [5.41, 5.74) is 0.951. The van der Waals surface area contributed by atoms with Gasteiger partial charge in [0.05, 0.1) is 24.7 Å². The summed E-state index contributed by atoms with van der Waals surface area (Å²) in [5, 5.41) is 0. The molecule has 1 aliphatic heterocycles. The summed E-state index contributed by atoms with van der Waals surface area (Å²) in [7, 11) is 0.808. The van der Waals surface area contributed by atoms with E-state index in [2.05, 4.69) is 0 Å². The molecule has 1 unspecified atom stereocenters. The molecule has 1 aliphatic rings. The zero-order chi connectivity index (χ0) is 21.1. The lowest BCUT2D eigenvalue weighted by molar-refractivity contribution is -0.140. The van der Waals surface area contributed by atoms with Gasteiger partial charge in [-0.1, -0.05) is 48.5 Å². The van der Waals surface area contributed by atoms with Gasteiger partial charge < -0.3 is 18.8 Å². The Morgan fingerprint density at radius 2 is 1.55 bits per heavy atom. The van der Waals surface area contributed by atoms with E-state index in [-0.39, 0.29) is 18.2 Å². The van der Waals surface area contributed by atoms with Crippen molar-refractivity contribution in [3.05, 3.63) is 65.7 Å². The molecule has 5 nitrogen and oxygen atoms in total. The molecule has 6 heteroatoms. The number of esters is 1. The predicted molar refractivity (Wildman–Crippen MR) is 113 cm³/mol. The predicted octanol–water partition coefficient (Wildman–Crippen LogP) is 4.54. The molecule has 0 bridgehead atoms. The Bertz CT molecular complexity index is 818. The van der Waals surface area contributed by atoms with Gasteiger partial charge in [0, 0.05) is 5.82 Å². The summed E-state index contributed by atoms with van der Waals surface area (Å²) in [4.78, 5) is 12.2. The van der Waals surface area contributed by atoms with Gasteiger partial charge >= 0.3 is 13.1 Å². The summed E-state index contributed by atoms with van der Waals surface area (Å²) in [6, 6.07) is 17.7. The highest BCUT2D eigenvalue weighted by Crippen LogP contribution is 2.43. The van der Waals surface area contributed by atoms with Crippen molar-refractivity contribution >= 4 is 13.1 Å². The van der Waals surface area contributed by atoms with Crippen LogP contribution in [-0.4, -0.2) is 31.4 Å². The molecule has 3 rings (SSSR count). The highest BCUT2D eigenvalue weighted by molar-refractivity contribution is 6.48. The molecule has 2 aromatic rings. The number of benzene rings is 2. The van der Waals surface area contributed by atoms with Crippen LogP contribution in [0, 0.1) is 0 Å². The van der Waals surface area contributed by atoms with Gasteiger partial charge in [0.1, 0.15) is 12.4 Å². The lowest BCUT2D eigenvalue weighted by Crippen LogP contribution is -2.41. The Labute approximate surface area is 173 Å². The van der Waals surface area contributed by atoms with Crippen LogP contribution in [-0.2, 0) is 25.4 Å². The number of carbonyl (C=O) groups excluding carboxylic acids is 1. The molecular formula is C23H29BO5. The Hall–Kier alpha value is -2.31. The van der Waals surface area contributed by atoms with Crippen LogP contribution < -0.4 is 4.74 Å². The first-order chi connectivity index (χ1) is 13.7. The lowest BCUT2D eigenvalue weighted by Gasteiger charge is -2.32. The molecule has 154 valence electrons. The van der Waals surface area contributed by atoms with Crippen LogP contribution >= 0.6 is 0 Å². The third-order valence-electron chi connectivity index (χ3n) is 5.77. The average molecular weight is 396 g/mol. The van der Waals surface area contributed by atoms with E-state index >= 15 is 0 Å². The third-order valence-corrected chi connectivity index (χ3v) is 5.77.